The van der Waals surface area contributed by atoms with Crippen LogP contribution in [0.4, 0.5) is 5.69 Å². The van der Waals surface area contributed by atoms with E-state index in [1.54, 1.807) is 12.1 Å². The average Bonchev–Trinajstić information content (AvgIpc) is 2.66. The Morgan fingerprint density at radius 3 is 2.70 bits per heavy atom. The minimum Gasteiger partial charge on any atom is -0.480 e. The van der Waals surface area contributed by atoms with E-state index >= 15 is 0 Å². The Labute approximate surface area is 122 Å². The predicted octanol–water partition coefficient (Wildman–Crippen LogP) is 2.39. The van der Waals surface area contributed by atoms with Gasteiger partial charge < -0.3 is 15.7 Å². The average molecular weight is 297 g/mol. The minimum atomic E-state index is -0.956. The van der Waals surface area contributed by atoms with Gasteiger partial charge in [-0.2, -0.15) is 0 Å². The van der Waals surface area contributed by atoms with Crippen LogP contribution in [0.5, 0.6) is 0 Å². The van der Waals surface area contributed by atoms with E-state index in [1.807, 2.05) is 0 Å². The lowest BCUT2D eigenvalue weighted by molar-refractivity contribution is -0.142. The number of likely N-dealkylation sites (tertiary alicyclic amines) is 1. The third-order valence-electron chi connectivity index (χ3n) is 3.54. The number of carboxylic acids is 1. The van der Waals surface area contributed by atoms with Crippen molar-refractivity contribution in [2.75, 3.05) is 12.3 Å². The summed E-state index contributed by atoms with van der Waals surface area (Å²) in [5, 5.41) is 9.67. The molecule has 6 heteroatoms. The number of amides is 1. The SMILES string of the molecule is Nc1cc(C(=O)N2CCCCCC2C(=O)O)ccc1Cl. The van der Waals surface area contributed by atoms with Crippen LogP contribution in [0.15, 0.2) is 18.2 Å². The maximum atomic E-state index is 12.5. The van der Waals surface area contributed by atoms with Crippen molar-refractivity contribution in [2.24, 2.45) is 0 Å². The van der Waals surface area contributed by atoms with Crippen LogP contribution in [-0.4, -0.2) is 34.5 Å². The summed E-state index contributed by atoms with van der Waals surface area (Å²) >= 11 is 5.83. The molecule has 3 N–H and O–H groups in total. The van der Waals surface area contributed by atoms with E-state index in [2.05, 4.69) is 0 Å². The molecule has 1 heterocycles. The third kappa shape index (κ3) is 3.04. The lowest BCUT2D eigenvalue weighted by Crippen LogP contribution is -2.44. The molecule has 0 bridgehead atoms. The highest BCUT2D eigenvalue weighted by Gasteiger charge is 2.31. The van der Waals surface area contributed by atoms with Gasteiger partial charge in [0.2, 0.25) is 0 Å². The summed E-state index contributed by atoms with van der Waals surface area (Å²) in [6.07, 6.45) is 3.07. The van der Waals surface area contributed by atoms with Gasteiger partial charge in [0, 0.05) is 12.1 Å². The van der Waals surface area contributed by atoms with Gasteiger partial charge in [-0.3, -0.25) is 4.79 Å². The first kappa shape index (κ1) is 14.7. The van der Waals surface area contributed by atoms with Crippen molar-refractivity contribution in [2.45, 2.75) is 31.7 Å². The lowest BCUT2D eigenvalue weighted by atomic mass is 10.1. The van der Waals surface area contributed by atoms with Crippen molar-refractivity contribution in [3.8, 4) is 0 Å². The van der Waals surface area contributed by atoms with E-state index in [9.17, 15) is 14.7 Å². The molecule has 0 radical (unpaired) electrons. The normalized spacial score (nSPS) is 19.4. The number of halogens is 1. The largest absolute Gasteiger partial charge is 0.480 e. The third-order valence-corrected chi connectivity index (χ3v) is 3.89. The number of nitrogen functional groups attached to an aromatic ring is 1. The van der Waals surface area contributed by atoms with Gasteiger partial charge in [0.1, 0.15) is 6.04 Å². The summed E-state index contributed by atoms with van der Waals surface area (Å²) in [6.45, 7) is 0.457. The summed E-state index contributed by atoms with van der Waals surface area (Å²) in [6, 6.07) is 3.86. The van der Waals surface area contributed by atoms with Crippen molar-refractivity contribution in [3.63, 3.8) is 0 Å². The first-order chi connectivity index (χ1) is 9.50. The summed E-state index contributed by atoms with van der Waals surface area (Å²) in [4.78, 5) is 25.3. The molecular formula is C14H17ClN2O3. The molecule has 1 saturated heterocycles. The number of carboxylic acid groups (broad SMARTS) is 1. The zero-order chi connectivity index (χ0) is 14.7. The molecule has 1 atom stereocenters. The van der Waals surface area contributed by atoms with E-state index in [0.29, 0.717) is 29.2 Å². The van der Waals surface area contributed by atoms with Gasteiger partial charge in [0.05, 0.1) is 10.7 Å². The van der Waals surface area contributed by atoms with Crippen LogP contribution < -0.4 is 5.73 Å². The van der Waals surface area contributed by atoms with Crippen molar-refractivity contribution in [1.29, 1.82) is 0 Å². The van der Waals surface area contributed by atoms with Gasteiger partial charge in [-0.25, -0.2) is 4.79 Å². The Morgan fingerprint density at radius 1 is 1.30 bits per heavy atom. The summed E-state index contributed by atoms with van der Waals surface area (Å²) in [5.74, 6) is -1.26. The molecule has 1 aromatic rings. The smallest absolute Gasteiger partial charge is 0.326 e. The lowest BCUT2D eigenvalue weighted by Gasteiger charge is -2.27. The highest BCUT2D eigenvalue weighted by Crippen LogP contribution is 2.23. The molecule has 0 aromatic heterocycles. The van der Waals surface area contributed by atoms with E-state index < -0.39 is 12.0 Å². The van der Waals surface area contributed by atoms with Crippen LogP contribution in [0.1, 0.15) is 36.0 Å². The number of hydrogen-bond acceptors (Lipinski definition) is 3. The van der Waals surface area contributed by atoms with Crippen LogP contribution in [0.3, 0.4) is 0 Å². The van der Waals surface area contributed by atoms with Gasteiger partial charge in [0.25, 0.3) is 5.91 Å². The number of anilines is 1. The molecule has 0 saturated carbocycles. The van der Waals surface area contributed by atoms with Gasteiger partial charge in [-0.15, -0.1) is 0 Å². The molecule has 20 heavy (non-hydrogen) atoms. The Kier molecular flexibility index (Phi) is 4.49. The molecule has 0 aliphatic carbocycles. The van der Waals surface area contributed by atoms with E-state index in [0.717, 1.165) is 19.3 Å². The van der Waals surface area contributed by atoms with Gasteiger partial charge in [0.15, 0.2) is 0 Å². The van der Waals surface area contributed by atoms with Crippen molar-refractivity contribution in [1.82, 2.24) is 4.90 Å². The highest BCUT2D eigenvalue weighted by molar-refractivity contribution is 6.33. The minimum absolute atomic E-state index is 0.303. The van der Waals surface area contributed by atoms with Crippen molar-refractivity contribution < 1.29 is 14.7 Å². The number of nitrogens with zero attached hydrogens (tertiary/aromatic N) is 1. The van der Waals surface area contributed by atoms with Gasteiger partial charge in [-0.05, 0) is 31.0 Å². The second-order valence-electron chi connectivity index (χ2n) is 4.94. The first-order valence-corrected chi connectivity index (χ1v) is 6.97. The van der Waals surface area contributed by atoms with Crippen molar-refractivity contribution >= 4 is 29.2 Å². The molecule has 1 aliphatic heterocycles. The number of hydrogen-bond donors (Lipinski definition) is 2. The molecule has 2 rings (SSSR count). The fraction of sp³-hybridized carbons (Fsp3) is 0.429. The maximum absolute atomic E-state index is 12.5. The monoisotopic (exact) mass is 296 g/mol. The van der Waals surface area contributed by atoms with Gasteiger partial charge >= 0.3 is 5.97 Å². The van der Waals surface area contributed by atoms with Crippen molar-refractivity contribution in [3.05, 3.63) is 28.8 Å². The van der Waals surface area contributed by atoms with Crippen LogP contribution in [0.2, 0.25) is 5.02 Å². The highest BCUT2D eigenvalue weighted by atomic mass is 35.5. The molecule has 108 valence electrons. The first-order valence-electron chi connectivity index (χ1n) is 6.59. The Balaban J connectivity index is 2.28. The van der Waals surface area contributed by atoms with Crippen LogP contribution in [0, 0.1) is 0 Å². The molecule has 0 spiro atoms. The number of benzene rings is 1. The number of carbonyl (C=O) groups excluding carboxylic acids is 1. The second kappa shape index (κ2) is 6.13. The van der Waals surface area contributed by atoms with E-state index in [4.69, 9.17) is 17.3 Å². The van der Waals surface area contributed by atoms with Gasteiger partial charge in [-0.1, -0.05) is 24.4 Å². The Bertz CT molecular complexity index is 533. The topological polar surface area (TPSA) is 83.6 Å². The summed E-state index contributed by atoms with van der Waals surface area (Å²) < 4.78 is 0. The quantitative estimate of drug-likeness (QED) is 0.821. The molecule has 1 aromatic carbocycles. The zero-order valence-corrected chi connectivity index (χ0v) is 11.8. The fourth-order valence-electron chi connectivity index (χ4n) is 2.45. The summed E-state index contributed by atoms with van der Waals surface area (Å²) in [5.41, 5.74) is 6.39. The molecule has 1 unspecified atom stereocenters. The number of aliphatic carboxylic acids is 1. The zero-order valence-electron chi connectivity index (χ0n) is 11.0. The number of carbonyl (C=O) groups is 2. The Hall–Kier alpha value is -1.75. The molecule has 5 nitrogen and oxygen atoms in total. The molecule has 1 aliphatic rings. The predicted molar refractivity (Wildman–Crippen MR) is 76.8 cm³/mol. The molecule has 1 fully saturated rings. The maximum Gasteiger partial charge on any atom is 0.326 e. The Morgan fingerprint density at radius 2 is 2.05 bits per heavy atom. The fourth-order valence-corrected chi connectivity index (χ4v) is 2.57. The number of rotatable bonds is 2. The number of nitrogens with two attached hydrogens (primary N) is 1. The van der Waals surface area contributed by atoms with E-state index in [1.165, 1.54) is 11.0 Å². The molecule has 1 amide bonds. The van der Waals surface area contributed by atoms with Crippen LogP contribution in [0.25, 0.3) is 0 Å². The standard InChI is InChI=1S/C14H17ClN2O3/c15-10-6-5-9(8-11(10)16)13(18)17-7-3-1-2-4-12(17)14(19)20/h5-6,8,12H,1-4,7,16H2,(H,19,20). The summed E-state index contributed by atoms with van der Waals surface area (Å²) in [7, 11) is 0. The van der Waals surface area contributed by atoms with E-state index in [-0.39, 0.29) is 5.91 Å². The molecular weight excluding hydrogens is 280 g/mol. The second-order valence-corrected chi connectivity index (χ2v) is 5.35. The van der Waals surface area contributed by atoms with Crippen LogP contribution >= 0.6 is 11.6 Å². The van der Waals surface area contributed by atoms with Crippen LogP contribution in [-0.2, 0) is 4.79 Å².